The third-order valence-electron chi connectivity index (χ3n) is 4.80. The summed E-state index contributed by atoms with van der Waals surface area (Å²) < 4.78 is 27.3. The lowest BCUT2D eigenvalue weighted by atomic mass is 10.1. The molecule has 3 heterocycles. The van der Waals surface area contributed by atoms with E-state index in [0.717, 1.165) is 37.2 Å². The van der Waals surface area contributed by atoms with Crippen LogP contribution in [-0.2, 0) is 14.8 Å². The van der Waals surface area contributed by atoms with Gasteiger partial charge in [-0.05, 0) is 63.7 Å². The van der Waals surface area contributed by atoms with Gasteiger partial charge in [0.2, 0.25) is 5.91 Å². The molecule has 24 heavy (non-hydrogen) atoms. The Balaban J connectivity index is 1.60. The smallest absolute Gasteiger partial charge is 0.253 e. The van der Waals surface area contributed by atoms with Crippen molar-refractivity contribution in [2.45, 2.75) is 42.9 Å². The van der Waals surface area contributed by atoms with Gasteiger partial charge in [-0.3, -0.25) is 4.79 Å². The van der Waals surface area contributed by atoms with Gasteiger partial charge in [-0.2, -0.15) is 4.31 Å². The molecule has 0 spiro atoms. The molecule has 0 bridgehead atoms. The van der Waals surface area contributed by atoms with Crippen molar-refractivity contribution in [3.63, 3.8) is 0 Å². The average molecular weight is 372 g/mol. The molecule has 1 aromatic heterocycles. The van der Waals surface area contributed by atoms with Crippen molar-refractivity contribution in [1.29, 1.82) is 0 Å². The molecule has 2 unspecified atom stereocenters. The summed E-state index contributed by atoms with van der Waals surface area (Å²) in [5.74, 6) is 0.457. The molecule has 2 N–H and O–H groups in total. The van der Waals surface area contributed by atoms with Crippen molar-refractivity contribution in [1.82, 2.24) is 14.9 Å². The summed E-state index contributed by atoms with van der Waals surface area (Å²) in [6.45, 7) is 4.98. The zero-order chi connectivity index (χ0) is 17.2. The fraction of sp³-hybridized carbons (Fsp3) is 0.688. The maximum atomic E-state index is 12.8. The molecule has 2 saturated heterocycles. The number of carbonyl (C=O) groups excluding carboxylic acids is 1. The molecule has 1 aromatic rings. The van der Waals surface area contributed by atoms with Crippen LogP contribution in [0.2, 0.25) is 0 Å². The summed E-state index contributed by atoms with van der Waals surface area (Å²) in [7, 11) is -3.57. The van der Waals surface area contributed by atoms with Crippen LogP contribution in [0.4, 0.5) is 0 Å². The minimum Gasteiger partial charge on any atom is -0.355 e. The Labute approximate surface area is 147 Å². The summed E-state index contributed by atoms with van der Waals surface area (Å²) in [4.78, 5) is 13.4. The molecule has 134 valence electrons. The van der Waals surface area contributed by atoms with Crippen LogP contribution < -0.4 is 10.6 Å². The Kier molecular flexibility index (Phi) is 5.59. The SMILES string of the molecule is Cc1ccc(S(=O)(=O)N2CCCC2C(=O)NCCC2CCNC2)s1. The highest BCUT2D eigenvalue weighted by molar-refractivity contribution is 7.91. The van der Waals surface area contributed by atoms with Crippen LogP contribution in [0.15, 0.2) is 16.3 Å². The lowest BCUT2D eigenvalue weighted by Gasteiger charge is -2.23. The number of amides is 1. The molecule has 2 fully saturated rings. The Morgan fingerprint density at radius 3 is 2.92 bits per heavy atom. The molecular formula is C16H25N3O3S2. The summed E-state index contributed by atoms with van der Waals surface area (Å²) in [5, 5.41) is 6.25. The molecule has 0 radical (unpaired) electrons. The van der Waals surface area contributed by atoms with E-state index in [0.29, 0.717) is 29.6 Å². The van der Waals surface area contributed by atoms with Gasteiger partial charge in [-0.25, -0.2) is 8.42 Å². The van der Waals surface area contributed by atoms with Crippen LogP contribution in [0.25, 0.3) is 0 Å². The van der Waals surface area contributed by atoms with Crippen LogP contribution in [0.1, 0.15) is 30.6 Å². The molecular weight excluding hydrogens is 346 g/mol. The number of carbonyl (C=O) groups is 1. The summed E-state index contributed by atoms with van der Waals surface area (Å²) >= 11 is 1.26. The van der Waals surface area contributed by atoms with E-state index in [9.17, 15) is 13.2 Å². The lowest BCUT2D eigenvalue weighted by molar-refractivity contribution is -0.124. The van der Waals surface area contributed by atoms with E-state index >= 15 is 0 Å². The van der Waals surface area contributed by atoms with Crippen molar-refractivity contribution >= 4 is 27.3 Å². The first-order valence-corrected chi connectivity index (χ1v) is 10.8. The van der Waals surface area contributed by atoms with Crippen LogP contribution in [0.3, 0.4) is 0 Å². The second-order valence-corrected chi connectivity index (χ2v) is 9.98. The first-order valence-electron chi connectivity index (χ1n) is 8.55. The summed E-state index contributed by atoms with van der Waals surface area (Å²) in [6.07, 6.45) is 3.43. The van der Waals surface area contributed by atoms with Crippen LogP contribution in [0.5, 0.6) is 0 Å². The number of hydrogen-bond acceptors (Lipinski definition) is 5. The Bertz CT molecular complexity index is 680. The minimum atomic E-state index is -3.57. The van der Waals surface area contributed by atoms with Crippen molar-refractivity contribution in [2.24, 2.45) is 5.92 Å². The number of sulfonamides is 1. The van der Waals surface area contributed by atoms with Gasteiger partial charge in [-0.15, -0.1) is 11.3 Å². The quantitative estimate of drug-likeness (QED) is 0.791. The van der Waals surface area contributed by atoms with E-state index in [2.05, 4.69) is 10.6 Å². The van der Waals surface area contributed by atoms with E-state index in [1.165, 1.54) is 15.6 Å². The third-order valence-corrected chi connectivity index (χ3v) is 8.18. The van der Waals surface area contributed by atoms with Gasteiger partial charge in [0.25, 0.3) is 10.0 Å². The standard InChI is InChI=1S/C16H25N3O3S2/c1-12-4-5-15(23-12)24(21,22)19-10-2-3-14(19)16(20)18-9-7-13-6-8-17-11-13/h4-5,13-14,17H,2-3,6-11H2,1H3,(H,18,20). The monoisotopic (exact) mass is 371 g/mol. The zero-order valence-electron chi connectivity index (χ0n) is 14.0. The number of rotatable bonds is 6. The molecule has 0 aliphatic carbocycles. The second-order valence-electron chi connectivity index (χ2n) is 6.58. The second kappa shape index (κ2) is 7.51. The van der Waals surface area contributed by atoms with Crippen LogP contribution in [0, 0.1) is 12.8 Å². The van der Waals surface area contributed by atoms with E-state index in [1.807, 2.05) is 6.92 Å². The van der Waals surface area contributed by atoms with Gasteiger partial charge in [0.05, 0.1) is 0 Å². The number of nitrogens with zero attached hydrogens (tertiary/aromatic N) is 1. The van der Waals surface area contributed by atoms with E-state index in [4.69, 9.17) is 0 Å². The van der Waals surface area contributed by atoms with Gasteiger partial charge in [-0.1, -0.05) is 0 Å². The van der Waals surface area contributed by atoms with E-state index in [1.54, 1.807) is 12.1 Å². The van der Waals surface area contributed by atoms with Gasteiger partial charge in [0.15, 0.2) is 0 Å². The number of aryl methyl sites for hydroxylation is 1. The highest BCUT2D eigenvalue weighted by Crippen LogP contribution is 2.30. The fourth-order valence-electron chi connectivity index (χ4n) is 3.43. The maximum Gasteiger partial charge on any atom is 0.253 e. The zero-order valence-corrected chi connectivity index (χ0v) is 15.6. The molecule has 2 aliphatic rings. The minimum absolute atomic E-state index is 0.157. The van der Waals surface area contributed by atoms with Crippen LogP contribution in [-0.4, -0.2) is 50.9 Å². The third kappa shape index (κ3) is 3.82. The first kappa shape index (κ1) is 17.8. The number of hydrogen-bond donors (Lipinski definition) is 2. The van der Waals surface area contributed by atoms with Gasteiger partial charge in [0, 0.05) is 18.0 Å². The summed E-state index contributed by atoms with van der Waals surface area (Å²) in [6, 6.07) is 2.87. The van der Waals surface area contributed by atoms with Crippen molar-refractivity contribution in [3.05, 3.63) is 17.0 Å². The normalized spacial score (nSPS) is 25.2. The predicted octanol–water partition coefficient (Wildman–Crippen LogP) is 1.33. The molecule has 6 nitrogen and oxygen atoms in total. The number of nitrogens with one attached hydrogen (secondary N) is 2. The van der Waals surface area contributed by atoms with Gasteiger partial charge < -0.3 is 10.6 Å². The lowest BCUT2D eigenvalue weighted by Crippen LogP contribution is -2.46. The molecule has 3 rings (SSSR count). The Morgan fingerprint density at radius 1 is 1.42 bits per heavy atom. The maximum absolute atomic E-state index is 12.8. The van der Waals surface area contributed by atoms with E-state index in [-0.39, 0.29) is 5.91 Å². The highest BCUT2D eigenvalue weighted by atomic mass is 32.2. The van der Waals surface area contributed by atoms with E-state index < -0.39 is 16.1 Å². The average Bonchev–Trinajstić information content (AvgIpc) is 3.28. The van der Waals surface area contributed by atoms with Crippen LogP contribution >= 0.6 is 11.3 Å². The summed E-state index contributed by atoms with van der Waals surface area (Å²) in [5.41, 5.74) is 0. The topological polar surface area (TPSA) is 78.5 Å². The fourth-order valence-corrected chi connectivity index (χ4v) is 6.50. The largest absolute Gasteiger partial charge is 0.355 e. The molecule has 1 amide bonds. The molecule has 0 aromatic carbocycles. The molecule has 8 heteroatoms. The molecule has 0 saturated carbocycles. The Morgan fingerprint density at radius 2 is 2.25 bits per heavy atom. The highest BCUT2D eigenvalue weighted by Gasteiger charge is 2.39. The molecule has 2 aliphatic heterocycles. The predicted molar refractivity (Wildman–Crippen MR) is 94.6 cm³/mol. The van der Waals surface area contributed by atoms with Gasteiger partial charge >= 0.3 is 0 Å². The van der Waals surface area contributed by atoms with Crippen molar-refractivity contribution in [2.75, 3.05) is 26.2 Å². The first-order chi connectivity index (χ1) is 11.5. The van der Waals surface area contributed by atoms with Crippen molar-refractivity contribution < 1.29 is 13.2 Å². The molecule has 2 atom stereocenters. The number of thiophene rings is 1. The van der Waals surface area contributed by atoms with Gasteiger partial charge in [0.1, 0.15) is 10.3 Å². The Hall–Kier alpha value is -0.960. The van der Waals surface area contributed by atoms with Crippen molar-refractivity contribution in [3.8, 4) is 0 Å².